The number of aliphatic hydroxyl groups is 1. The van der Waals surface area contributed by atoms with Crippen LogP contribution in [0.1, 0.15) is 19.7 Å². The quantitative estimate of drug-likeness (QED) is 0.668. The number of nitrogens with zero attached hydrogens (tertiary/aromatic N) is 3. The van der Waals surface area contributed by atoms with E-state index in [9.17, 15) is 5.11 Å². The maximum absolute atomic E-state index is 9.63. The Kier molecular flexibility index (Phi) is 6.10. The molecule has 0 fully saturated rings. The molecule has 0 bridgehead atoms. The first kappa shape index (κ1) is 14.1. The lowest BCUT2D eigenvalue weighted by Crippen LogP contribution is -2.31. The number of ether oxygens (including phenoxy) is 1. The first-order valence-electron chi connectivity index (χ1n) is 5.89. The lowest BCUT2D eigenvalue weighted by atomic mass is 10.2. The maximum Gasteiger partial charge on any atom is 0.146 e. The summed E-state index contributed by atoms with van der Waals surface area (Å²) in [5.74, 6) is 1.34. The molecule has 0 aliphatic heterocycles. The summed E-state index contributed by atoms with van der Waals surface area (Å²) >= 11 is 0. The average molecular weight is 242 g/mol. The Hall–Kier alpha value is -0.980. The third-order valence-electron chi connectivity index (χ3n) is 2.23. The molecular formula is C11H22N4O2. The predicted molar refractivity (Wildman–Crippen MR) is 64.4 cm³/mol. The summed E-state index contributed by atoms with van der Waals surface area (Å²) in [4.78, 5) is 0. The van der Waals surface area contributed by atoms with Crippen LogP contribution in [0.15, 0.2) is 6.33 Å². The van der Waals surface area contributed by atoms with Gasteiger partial charge in [-0.3, -0.25) is 0 Å². The molecule has 1 aromatic rings. The van der Waals surface area contributed by atoms with Crippen molar-refractivity contribution in [1.82, 2.24) is 20.1 Å². The van der Waals surface area contributed by atoms with Gasteiger partial charge in [-0.05, 0) is 5.92 Å². The second-order valence-electron chi connectivity index (χ2n) is 4.57. The fourth-order valence-corrected chi connectivity index (χ4v) is 1.32. The van der Waals surface area contributed by atoms with E-state index in [1.807, 2.05) is 11.6 Å². The second-order valence-corrected chi connectivity index (χ2v) is 4.57. The van der Waals surface area contributed by atoms with Crippen molar-refractivity contribution >= 4 is 0 Å². The largest absolute Gasteiger partial charge is 0.389 e. The Morgan fingerprint density at radius 3 is 2.82 bits per heavy atom. The van der Waals surface area contributed by atoms with Gasteiger partial charge >= 0.3 is 0 Å². The molecule has 6 nitrogen and oxygen atoms in total. The number of hydrogen-bond donors (Lipinski definition) is 2. The minimum absolute atomic E-state index is 0.365. The van der Waals surface area contributed by atoms with Gasteiger partial charge in [0.25, 0.3) is 0 Å². The number of aryl methyl sites for hydroxylation is 1. The molecule has 0 aromatic carbocycles. The van der Waals surface area contributed by atoms with Crippen molar-refractivity contribution in [2.24, 2.45) is 13.0 Å². The molecule has 0 amide bonds. The maximum atomic E-state index is 9.63. The molecule has 98 valence electrons. The van der Waals surface area contributed by atoms with E-state index in [0.717, 1.165) is 5.82 Å². The zero-order valence-corrected chi connectivity index (χ0v) is 10.8. The van der Waals surface area contributed by atoms with Crippen molar-refractivity contribution in [2.75, 3.05) is 19.8 Å². The van der Waals surface area contributed by atoms with Gasteiger partial charge in [-0.1, -0.05) is 13.8 Å². The second kappa shape index (κ2) is 7.37. The van der Waals surface area contributed by atoms with Gasteiger partial charge < -0.3 is 19.7 Å². The third-order valence-corrected chi connectivity index (χ3v) is 2.23. The molecular weight excluding hydrogens is 220 g/mol. The fraction of sp³-hybridized carbons (Fsp3) is 0.818. The Bertz CT molecular complexity index is 314. The number of aromatic nitrogens is 3. The summed E-state index contributed by atoms with van der Waals surface area (Å²) in [6, 6.07) is 0. The van der Waals surface area contributed by atoms with Gasteiger partial charge in [0.15, 0.2) is 0 Å². The van der Waals surface area contributed by atoms with Crippen LogP contribution in [0.3, 0.4) is 0 Å². The predicted octanol–water partition coefficient (Wildman–Crippen LogP) is -0.0618. The van der Waals surface area contributed by atoms with Crippen LogP contribution in [0.2, 0.25) is 0 Å². The van der Waals surface area contributed by atoms with E-state index < -0.39 is 6.10 Å². The number of aliphatic hydroxyl groups excluding tert-OH is 1. The van der Waals surface area contributed by atoms with Gasteiger partial charge in [-0.2, -0.15) is 0 Å². The zero-order chi connectivity index (χ0) is 12.7. The summed E-state index contributed by atoms with van der Waals surface area (Å²) in [7, 11) is 1.89. The summed E-state index contributed by atoms with van der Waals surface area (Å²) in [5, 5.41) is 20.5. The fourth-order valence-electron chi connectivity index (χ4n) is 1.32. The van der Waals surface area contributed by atoms with Crippen LogP contribution in [0.25, 0.3) is 0 Å². The average Bonchev–Trinajstić information content (AvgIpc) is 2.64. The van der Waals surface area contributed by atoms with Crippen LogP contribution < -0.4 is 5.32 Å². The summed E-state index contributed by atoms with van der Waals surface area (Å²) in [6.45, 7) is 6.30. The van der Waals surface area contributed by atoms with Crippen molar-refractivity contribution in [2.45, 2.75) is 26.5 Å². The van der Waals surface area contributed by atoms with Crippen molar-refractivity contribution in [3.8, 4) is 0 Å². The van der Waals surface area contributed by atoms with Crippen LogP contribution in [0, 0.1) is 5.92 Å². The SMILES string of the molecule is CC(C)COCC(O)CNCc1nncn1C. The zero-order valence-electron chi connectivity index (χ0n) is 10.8. The normalized spacial score (nSPS) is 13.2. The van der Waals surface area contributed by atoms with Crippen LogP contribution in [0.5, 0.6) is 0 Å². The highest BCUT2D eigenvalue weighted by Crippen LogP contribution is 1.94. The highest BCUT2D eigenvalue weighted by atomic mass is 16.5. The van der Waals surface area contributed by atoms with Crippen molar-refractivity contribution < 1.29 is 9.84 Å². The first-order valence-corrected chi connectivity index (χ1v) is 5.89. The number of rotatable bonds is 8. The molecule has 1 aromatic heterocycles. The van der Waals surface area contributed by atoms with Crippen molar-refractivity contribution in [3.63, 3.8) is 0 Å². The van der Waals surface area contributed by atoms with E-state index in [1.54, 1.807) is 6.33 Å². The molecule has 0 aliphatic rings. The molecule has 0 spiro atoms. The third kappa shape index (κ3) is 5.76. The van der Waals surface area contributed by atoms with Crippen molar-refractivity contribution in [3.05, 3.63) is 12.2 Å². The molecule has 0 saturated heterocycles. The lowest BCUT2D eigenvalue weighted by molar-refractivity contribution is 0.0259. The highest BCUT2D eigenvalue weighted by Gasteiger charge is 2.06. The van der Waals surface area contributed by atoms with Crippen LogP contribution >= 0.6 is 0 Å². The Labute approximate surface area is 102 Å². The first-order chi connectivity index (χ1) is 8.09. The monoisotopic (exact) mass is 242 g/mol. The van der Waals surface area contributed by atoms with Gasteiger partial charge in [-0.25, -0.2) is 0 Å². The van der Waals surface area contributed by atoms with Gasteiger partial charge in [-0.15, -0.1) is 10.2 Å². The van der Waals surface area contributed by atoms with E-state index in [4.69, 9.17) is 4.74 Å². The van der Waals surface area contributed by atoms with Crippen molar-refractivity contribution in [1.29, 1.82) is 0 Å². The molecule has 0 saturated carbocycles. The Morgan fingerprint density at radius 2 is 2.24 bits per heavy atom. The van der Waals surface area contributed by atoms with Gasteiger partial charge in [0.05, 0.1) is 19.3 Å². The van der Waals surface area contributed by atoms with Crippen LogP contribution in [-0.2, 0) is 18.3 Å². The van der Waals surface area contributed by atoms with E-state index in [-0.39, 0.29) is 0 Å². The number of nitrogens with one attached hydrogen (secondary N) is 1. The summed E-state index contributed by atoms with van der Waals surface area (Å²) < 4.78 is 7.19. The Balaban J connectivity index is 2.08. The smallest absolute Gasteiger partial charge is 0.146 e. The van der Waals surface area contributed by atoms with Crippen LogP contribution in [0.4, 0.5) is 0 Å². The molecule has 6 heteroatoms. The van der Waals surface area contributed by atoms with Gasteiger partial charge in [0.2, 0.25) is 0 Å². The molecule has 2 N–H and O–H groups in total. The molecule has 1 unspecified atom stereocenters. The van der Waals surface area contributed by atoms with Gasteiger partial charge in [0.1, 0.15) is 12.2 Å². The minimum Gasteiger partial charge on any atom is -0.389 e. The van der Waals surface area contributed by atoms with E-state index in [2.05, 4.69) is 29.4 Å². The summed E-state index contributed by atoms with van der Waals surface area (Å²) in [6.07, 6.45) is 1.17. The molecule has 1 rings (SSSR count). The summed E-state index contributed by atoms with van der Waals surface area (Å²) in [5.41, 5.74) is 0. The standard InChI is InChI=1S/C11H22N4O2/c1-9(2)6-17-7-10(16)4-12-5-11-14-13-8-15(11)3/h8-10,12,16H,4-7H2,1-3H3. The molecule has 0 aliphatic carbocycles. The molecule has 0 radical (unpaired) electrons. The minimum atomic E-state index is -0.484. The van der Waals surface area contributed by atoms with Crippen LogP contribution in [-0.4, -0.2) is 45.7 Å². The van der Waals surface area contributed by atoms with E-state index in [0.29, 0.717) is 32.2 Å². The van der Waals surface area contributed by atoms with E-state index in [1.165, 1.54) is 0 Å². The Morgan fingerprint density at radius 1 is 1.47 bits per heavy atom. The molecule has 1 atom stereocenters. The highest BCUT2D eigenvalue weighted by molar-refractivity contribution is 4.83. The number of hydrogen-bond acceptors (Lipinski definition) is 5. The van der Waals surface area contributed by atoms with E-state index >= 15 is 0 Å². The molecule has 17 heavy (non-hydrogen) atoms. The van der Waals surface area contributed by atoms with Gasteiger partial charge in [0, 0.05) is 20.2 Å². The molecule has 1 heterocycles. The topological polar surface area (TPSA) is 72.2 Å². The lowest BCUT2D eigenvalue weighted by Gasteiger charge is -2.13.